The second-order valence-electron chi connectivity index (χ2n) is 5.77. The van der Waals surface area contributed by atoms with E-state index in [1.165, 1.54) is 12.1 Å². The van der Waals surface area contributed by atoms with Crippen LogP contribution in [0.3, 0.4) is 0 Å². The molecule has 1 amide bonds. The molecule has 130 valence electrons. The molecule has 0 atom stereocenters. The van der Waals surface area contributed by atoms with Gasteiger partial charge < -0.3 is 9.80 Å². The molecule has 1 heterocycles. The molecule has 1 aliphatic rings. The Morgan fingerprint density at radius 2 is 1.72 bits per heavy atom. The zero-order chi connectivity index (χ0) is 17.8. The number of carbonyl (C=O) groups is 1. The monoisotopic (exact) mass is 378 g/mol. The molecule has 3 nitrogen and oxygen atoms in total. The van der Waals surface area contributed by atoms with Gasteiger partial charge in [0.05, 0.1) is 15.7 Å². The van der Waals surface area contributed by atoms with Crippen molar-refractivity contribution < 1.29 is 9.18 Å². The largest absolute Gasteiger partial charge is 0.366 e. The molecule has 6 heteroatoms. The van der Waals surface area contributed by atoms with Crippen molar-refractivity contribution >= 4 is 40.9 Å². The fraction of sp³-hybridized carbons (Fsp3) is 0.211. The fourth-order valence-electron chi connectivity index (χ4n) is 2.76. The highest BCUT2D eigenvalue weighted by Crippen LogP contribution is 2.23. The van der Waals surface area contributed by atoms with E-state index in [0.29, 0.717) is 41.9 Å². The number of amides is 1. The van der Waals surface area contributed by atoms with Gasteiger partial charge in [-0.25, -0.2) is 4.39 Å². The number of carbonyl (C=O) groups excluding carboxylic acids is 1. The van der Waals surface area contributed by atoms with Crippen LogP contribution in [0.4, 0.5) is 10.1 Å². The summed E-state index contributed by atoms with van der Waals surface area (Å²) < 4.78 is 13.8. The standard InChI is InChI=1S/C19H17Cl2FN2O/c20-15-7-5-14(13-16(15)21)6-8-19(25)24-11-9-23(10-12-24)18-4-2-1-3-17(18)22/h1-8,13H,9-12H2/b8-6+. The molecule has 0 aliphatic carbocycles. The van der Waals surface area contributed by atoms with Crippen LogP contribution in [0.5, 0.6) is 0 Å². The number of nitrogens with zero attached hydrogens (tertiary/aromatic N) is 2. The maximum atomic E-state index is 13.8. The molecule has 0 N–H and O–H groups in total. The lowest BCUT2D eigenvalue weighted by atomic mass is 10.2. The predicted octanol–water partition coefficient (Wildman–Crippen LogP) is 4.49. The second kappa shape index (κ2) is 7.89. The third-order valence-electron chi connectivity index (χ3n) is 4.15. The molecule has 0 aromatic heterocycles. The number of benzene rings is 2. The van der Waals surface area contributed by atoms with Gasteiger partial charge in [0, 0.05) is 32.3 Å². The van der Waals surface area contributed by atoms with Crippen molar-refractivity contribution in [2.24, 2.45) is 0 Å². The summed E-state index contributed by atoms with van der Waals surface area (Å²) in [5, 5.41) is 0.934. The highest BCUT2D eigenvalue weighted by molar-refractivity contribution is 6.42. The van der Waals surface area contributed by atoms with E-state index in [1.54, 1.807) is 41.3 Å². The molecular weight excluding hydrogens is 362 g/mol. The number of piperazine rings is 1. The van der Waals surface area contributed by atoms with Crippen LogP contribution in [0, 0.1) is 5.82 Å². The lowest BCUT2D eigenvalue weighted by Crippen LogP contribution is -2.48. The minimum absolute atomic E-state index is 0.0701. The Balaban J connectivity index is 1.59. The summed E-state index contributed by atoms with van der Waals surface area (Å²) in [5.41, 5.74) is 1.40. The van der Waals surface area contributed by atoms with Gasteiger partial charge >= 0.3 is 0 Å². The van der Waals surface area contributed by atoms with Crippen molar-refractivity contribution in [3.63, 3.8) is 0 Å². The number of anilines is 1. The highest BCUT2D eigenvalue weighted by Gasteiger charge is 2.21. The van der Waals surface area contributed by atoms with Crippen molar-refractivity contribution in [1.82, 2.24) is 4.90 Å². The average Bonchev–Trinajstić information content (AvgIpc) is 2.63. The molecule has 1 saturated heterocycles. The van der Waals surface area contributed by atoms with Crippen molar-refractivity contribution in [2.45, 2.75) is 0 Å². The first-order chi connectivity index (χ1) is 12.0. The summed E-state index contributed by atoms with van der Waals surface area (Å²) in [6, 6.07) is 11.9. The van der Waals surface area contributed by atoms with Gasteiger partial charge in [0.15, 0.2) is 0 Å². The number of rotatable bonds is 3. The number of halogens is 3. The molecule has 3 rings (SSSR count). The summed E-state index contributed by atoms with van der Waals surface area (Å²) in [5.74, 6) is -0.305. The van der Waals surface area contributed by atoms with Gasteiger partial charge in [0.1, 0.15) is 5.82 Å². The van der Waals surface area contributed by atoms with Crippen molar-refractivity contribution in [3.05, 3.63) is 70.0 Å². The van der Waals surface area contributed by atoms with E-state index < -0.39 is 0 Å². The second-order valence-corrected chi connectivity index (χ2v) is 6.59. The van der Waals surface area contributed by atoms with Crippen LogP contribution in [0.2, 0.25) is 10.0 Å². The molecular formula is C19H17Cl2FN2O. The Morgan fingerprint density at radius 3 is 2.40 bits per heavy atom. The van der Waals surface area contributed by atoms with Gasteiger partial charge in [-0.3, -0.25) is 4.79 Å². The molecule has 0 radical (unpaired) electrons. The lowest BCUT2D eigenvalue weighted by Gasteiger charge is -2.35. The Hall–Kier alpha value is -2.04. The zero-order valence-corrected chi connectivity index (χ0v) is 15.0. The Morgan fingerprint density at radius 1 is 1.00 bits per heavy atom. The number of hydrogen-bond acceptors (Lipinski definition) is 2. The van der Waals surface area contributed by atoms with E-state index in [4.69, 9.17) is 23.2 Å². The van der Waals surface area contributed by atoms with Crippen molar-refractivity contribution in [1.29, 1.82) is 0 Å². The smallest absolute Gasteiger partial charge is 0.246 e. The SMILES string of the molecule is O=C(/C=C/c1ccc(Cl)c(Cl)c1)N1CCN(c2ccccc2F)CC1. The molecule has 1 fully saturated rings. The summed E-state index contributed by atoms with van der Waals surface area (Å²) >= 11 is 11.8. The molecule has 0 bridgehead atoms. The van der Waals surface area contributed by atoms with Crippen LogP contribution < -0.4 is 4.90 Å². The first-order valence-electron chi connectivity index (χ1n) is 7.96. The van der Waals surface area contributed by atoms with Gasteiger partial charge in [-0.15, -0.1) is 0 Å². The molecule has 2 aromatic rings. The maximum absolute atomic E-state index is 13.8. The van der Waals surface area contributed by atoms with Crippen LogP contribution in [0.1, 0.15) is 5.56 Å². The van der Waals surface area contributed by atoms with Crippen LogP contribution in [-0.4, -0.2) is 37.0 Å². The topological polar surface area (TPSA) is 23.6 Å². The van der Waals surface area contributed by atoms with E-state index in [0.717, 1.165) is 5.56 Å². The third-order valence-corrected chi connectivity index (χ3v) is 4.89. The molecule has 1 aliphatic heterocycles. The Kier molecular flexibility index (Phi) is 5.61. The van der Waals surface area contributed by atoms with E-state index in [1.807, 2.05) is 11.0 Å². The highest BCUT2D eigenvalue weighted by atomic mass is 35.5. The maximum Gasteiger partial charge on any atom is 0.246 e. The van der Waals surface area contributed by atoms with E-state index in [9.17, 15) is 9.18 Å². The van der Waals surface area contributed by atoms with Crippen LogP contribution in [0.15, 0.2) is 48.5 Å². The van der Waals surface area contributed by atoms with E-state index >= 15 is 0 Å². The molecule has 25 heavy (non-hydrogen) atoms. The molecule has 0 spiro atoms. The Bertz CT molecular complexity index is 802. The summed E-state index contributed by atoms with van der Waals surface area (Å²) in [6.45, 7) is 2.32. The Labute approximate surface area is 156 Å². The molecule has 0 unspecified atom stereocenters. The predicted molar refractivity (Wildman–Crippen MR) is 101 cm³/mol. The minimum atomic E-state index is -0.234. The average molecular weight is 379 g/mol. The van der Waals surface area contributed by atoms with Crippen LogP contribution in [0.25, 0.3) is 6.08 Å². The normalized spacial score (nSPS) is 15.0. The van der Waals surface area contributed by atoms with Gasteiger partial charge in [-0.05, 0) is 35.9 Å². The van der Waals surface area contributed by atoms with Crippen LogP contribution >= 0.6 is 23.2 Å². The van der Waals surface area contributed by atoms with Gasteiger partial charge in [0.2, 0.25) is 5.91 Å². The first-order valence-corrected chi connectivity index (χ1v) is 8.72. The quantitative estimate of drug-likeness (QED) is 0.734. The van der Waals surface area contributed by atoms with E-state index in [-0.39, 0.29) is 11.7 Å². The first kappa shape index (κ1) is 17.8. The van der Waals surface area contributed by atoms with Gasteiger partial charge in [-0.1, -0.05) is 41.4 Å². The third kappa shape index (κ3) is 4.33. The van der Waals surface area contributed by atoms with Crippen molar-refractivity contribution in [2.75, 3.05) is 31.1 Å². The summed E-state index contributed by atoms with van der Waals surface area (Å²) in [4.78, 5) is 16.0. The minimum Gasteiger partial charge on any atom is -0.366 e. The number of hydrogen-bond donors (Lipinski definition) is 0. The zero-order valence-electron chi connectivity index (χ0n) is 13.5. The summed E-state index contributed by atoms with van der Waals surface area (Å²) in [6.07, 6.45) is 3.24. The van der Waals surface area contributed by atoms with Crippen LogP contribution in [-0.2, 0) is 4.79 Å². The lowest BCUT2D eigenvalue weighted by molar-refractivity contribution is -0.126. The van der Waals surface area contributed by atoms with E-state index in [2.05, 4.69) is 0 Å². The fourth-order valence-corrected chi connectivity index (χ4v) is 3.07. The van der Waals surface area contributed by atoms with Gasteiger partial charge in [-0.2, -0.15) is 0 Å². The van der Waals surface area contributed by atoms with Crippen molar-refractivity contribution in [3.8, 4) is 0 Å². The molecule has 0 saturated carbocycles. The molecule has 2 aromatic carbocycles. The number of para-hydroxylation sites is 1. The van der Waals surface area contributed by atoms with Gasteiger partial charge in [0.25, 0.3) is 0 Å². The summed E-state index contributed by atoms with van der Waals surface area (Å²) in [7, 11) is 0.